The van der Waals surface area contributed by atoms with Crippen LogP contribution in [0.2, 0.25) is 0 Å². The number of aliphatic hydroxyl groups excluding tert-OH is 1. The molecule has 1 aromatic rings. The van der Waals surface area contributed by atoms with Crippen molar-refractivity contribution in [1.82, 2.24) is 4.72 Å². The standard InChI is InChI=1S/C18H29NO4S/c1-7-12(2)16(9-8-10-20)19-24(21,22)18-13(3)11-17(23-6)14(4)15(18)5/h8-9,11-12,16,19-20H,7,10H2,1-6H3/b9-8-/t12-,16+/m0/s1. The van der Waals surface area contributed by atoms with Crippen LogP contribution < -0.4 is 9.46 Å². The van der Waals surface area contributed by atoms with Crippen molar-refractivity contribution >= 4 is 10.0 Å². The van der Waals surface area contributed by atoms with Gasteiger partial charge >= 0.3 is 0 Å². The summed E-state index contributed by atoms with van der Waals surface area (Å²) in [6.07, 6.45) is 4.10. The largest absolute Gasteiger partial charge is 0.496 e. The molecule has 1 aromatic carbocycles. The van der Waals surface area contributed by atoms with Crippen LogP contribution in [0.4, 0.5) is 0 Å². The average molecular weight is 356 g/mol. The van der Waals surface area contributed by atoms with Crippen LogP contribution >= 0.6 is 0 Å². The summed E-state index contributed by atoms with van der Waals surface area (Å²) >= 11 is 0. The van der Waals surface area contributed by atoms with Crippen molar-refractivity contribution in [2.45, 2.75) is 52.0 Å². The fourth-order valence-electron chi connectivity index (χ4n) is 2.69. The van der Waals surface area contributed by atoms with Gasteiger partial charge in [-0.05, 0) is 49.4 Å². The van der Waals surface area contributed by atoms with Gasteiger partial charge in [0.1, 0.15) is 5.75 Å². The van der Waals surface area contributed by atoms with Crippen LogP contribution in [0.5, 0.6) is 5.75 Å². The molecule has 0 amide bonds. The molecule has 0 saturated carbocycles. The monoisotopic (exact) mass is 355 g/mol. The van der Waals surface area contributed by atoms with Gasteiger partial charge < -0.3 is 9.84 Å². The summed E-state index contributed by atoms with van der Waals surface area (Å²) in [7, 11) is -2.12. The Morgan fingerprint density at radius 2 is 1.92 bits per heavy atom. The lowest BCUT2D eigenvalue weighted by atomic mass is 10.00. The van der Waals surface area contributed by atoms with E-state index in [0.717, 1.165) is 12.0 Å². The Morgan fingerprint density at radius 3 is 2.42 bits per heavy atom. The van der Waals surface area contributed by atoms with Gasteiger partial charge in [0.05, 0.1) is 18.6 Å². The topological polar surface area (TPSA) is 75.6 Å². The number of aryl methyl sites for hydroxylation is 1. The van der Waals surface area contributed by atoms with Crippen LogP contribution in [-0.2, 0) is 10.0 Å². The van der Waals surface area contributed by atoms with E-state index >= 15 is 0 Å². The fraction of sp³-hybridized carbons (Fsp3) is 0.556. The maximum absolute atomic E-state index is 13.0. The summed E-state index contributed by atoms with van der Waals surface area (Å²) in [6.45, 7) is 9.28. The van der Waals surface area contributed by atoms with Crippen molar-refractivity contribution in [2.24, 2.45) is 5.92 Å². The molecule has 0 radical (unpaired) electrons. The van der Waals surface area contributed by atoms with Gasteiger partial charge in [-0.3, -0.25) is 0 Å². The molecule has 0 aliphatic carbocycles. The molecule has 0 unspecified atom stereocenters. The zero-order valence-corrected chi connectivity index (χ0v) is 16.2. The van der Waals surface area contributed by atoms with E-state index in [9.17, 15) is 8.42 Å². The van der Waals surface area contributed by atoms with Crippen LogP contribution in [0.3, 0.4) is 0 Å². The summed E-state index contributed by atoms with van der Waals surface area (Å²) in [6, 6.07) is 1.38. The number of methoxy groups -OCH3 is 1. The first-order valence-corrected chi connectivity index (χ1v) is 9.62. The van der Waals surface area contributed by atoms with E-state index in [4.69, 9.17) is 9.84 Å². The number of benzene rings is 1. The average Bonchev–Trinajstić information content (AvgIpc) is 2.53. The van der Waals surface area contributed by atoms with E-state index < -0.39 is 10.0 Å². The smallest absolute Gasteiger partial charge is 0.241 e. The Labute approximate surface area is 145 Å². The lowest BCUT2D eigenvalue weighted by Crippen LogP contribution is -2.38. The number of hydrogen-bond acceptors (Lipinski definition) is 4. The first kappa shape index (κ1) is 20.7. The van der Waals surface area contributed by atoms with Gasteiger partial charge in [-0.1, -0.05) is 32.4 Å². The minimum Gasteiger partial charge on any atom is -0.496 e. The Kier molecular flexibility index (Phi) is 7.45. The van der Waals surface area contributed by atoms with E-state index in [1.807, 2.05) is 20.8 Å². The Hall–Kier alpha value is -1.37. The van der Waals surface area contributed by atoms with Crippen LogP contribution in [0.25, 0.3) is 0 Å². The van der Waals surface area contributed by atoms with Crippen molar-refractivity contribution in [2.75, 3.05) is 13.7 Å². The number of sulfonamides is 1. The minimum absolute atomic E-state index is 0.113. The van der Waals surface area contributed by atoms with Crippen molar-refractivity contribution < 1.29 is 18.3 Å². The van der Waals surface area contributed by atoms with Crippen LogP contribution in [0.1, 0.15) is 37.0 Å². The van der Waals surface area contributed by atoms with Gasteiger partial charge in [-0.15, -0.1) is 0 Å². The Balaban J connectivity index is 3.34. The predicted octanol–water partition coefficient (Wildman–Crippen LogP) is 2.86. The van der Waals surface area contributed by atoms with Gasteiger partial charge in [-0.25, -0.2) is 13.1 Å². The molecule has 24 heavy (non-hydrogen) atoms. The number of aliphatic hydroxyl groups is 1. The number of nitrogens with one attached hydrogen (secondary N) is 1. The summed E-state index contributed by atoms with van der Waals surface area (Å²) < 4.78 is 34.0. The molecule has 0 aliphatic heterocycles. The quantitative estimate of drug-likeness (QED) is 0.703. The summed E-state index contributed by atoms with van der Waals surface area (Å²) in [5, 5.41) is 8.99. The van der Waals surface area contributed by atoms with Crippen LogP contribution in [0, 0.1) is 26.7 Å². The highest BCUT2D eigenvalue weighted by Crippen LogP contribution is 2.30. The third kappa shape index (κ3) is 4.59. The van der Waals surface area contributed by atoms with E-state index in [1.54, 1.807) is 39.2 Å². The molecule has 0 aromatic heterocycles. The van der Waals surface area contributed by atoms with Gasteiger partial charge in [0.2, 0.25) is 10.0 Å². The molecule has 2 N–H and O–H groups in total. The fourth-order valence-corrected chi connectivity index (χ4v) is 4.52. The van der Waals surface area contributed by atoms with Gasteiger partial charge in [0.15, 0.2) is 0 Å². The van der Waals surface area contributed by atoms with E-state index in [1.165, 1.54) is 0 Å². The summed E-state index contributed by atoms with van der Waals surface area (Å²) in [5.74, 6) is 0.796. The maximum Gasteiger partial charge on any atom is 0.241 e. The van der Waals surface area contributed by atoms with Crippen molar-refractivity contribution in [1.29, 1.82) is 0 Å². The van der Waals surface area contributed by atoms with Gasteiger partial charge in [0, 0.05) is 6.04 Å². The molecule has 136 valence electrons. The molecule has 0 spiro atoms. The SMILES string of the molecule is CC[C@H](C)[C@@H](/C=C\CO)NS(=O)(=O)c1c(C)cc(OC)c(C)c1C. The lowest BCUT2D eigenvalue weighted by molar-refractivity contribution is 0.341. The van der Waals surface area contributed by atoms with Crippen LogP contribution in [-0.4, -0.2) is 33.3 Å². The maximum atomic E-state index is 13.0. The third-order valence-electron chi connectivity index (χ3n) is 4.46. The highest BCUT2D eigenvalue weighted by Gasteiger charge is 2.26. The van der Waals surface area contributed by atoms with E-state index in [2.05, 4.69) is 4.72 Å². The van der Waals surface area contributed by atoms with Crippen molar-refractivity contribution in [3.05, 3.63) is 34.9 Å². The molecular weight excluding hydrogens is 326 g/mol. The molecule has 0 saturated heterocycles. The number of ether oxygens (including phenoxy) is 1. The van der Waals surface area contributed by atoms with Crippen molar-refractivity contribution in [3.63, 3.8) is 0 Å². The summed E-state index contributed by atoms with van der Waals surface area (Å²) in [4.78, 5) is 0.298. The normalized spacial score (nSPS) is 14.8. The third-order valence-corrected chi connectivity index (χ3v) is 6.21. The minimum atomic E-state index is -3.69. The molecule has 0 heterocycles. The zero-order valence-electron chi connectivity index (χ0n) is 15.4. The van der Waals surface area contributed by atoms with Gasteiger partial charge in [0.25, 0.3) is 0 Å². The molecular formula is C18H29NO4S. The molecule has 0 fully saturated rings. The first-order valence-electron chi connectivity index (χ1n) is 8.14. The lowest BCUT2D eigenvalue weighted by Gasteiger charge is -2.23. The Morgan fingerprint density at radius 1 is 1.29 bits per heavy atom. The molecule has 2 atom stereocenters. The van der Waals surface area contributed by atoms with E-state index in [0.29, 0.717) is 21.8 Å². The number of hydrogen-bond donors (Lipinski definition) is 2. The van der Waals surface area contributed by atoms with Crippen molar-refractivity contribution in [3.8, 4) is 5.75 Å². The highest BCUT2D eigenvalue weighted by atomic mass is 32.2. The molecule has 6 heteroatoms. The van der Waals surface area contributed by atoms with Crippen LogP contribution in [0.15, 0.2) is 23.1 Å². The van der Waals surface area contributed by atoms with Gasteiger partial charge in [-0.2, -0.15) is 0 Å². The predicted molar refractivity (Wildman–Crippen MR) is 97.0 cm³/mol. The Bertz CT molecular complexity index is 695. The molecule has 0 aliphatic rings. The van der Waals surface area contributed by atoms with E-state index in [-0.39, 0.29) is 18.6 Å². The second kappa shape index (κ2) is 8.65. The highest BCUT2D eigenvalue weighted by molar-refractivity contribution is 7.89. The molecule has 0 bridgehead atoms. The first-order chi connectivity index (χ1) is 11.2. The summed E-state index contributed by atoms with van der Waals surface area (Å²) in [5.41, 5.74) is 2.15. The molecule has 1 rings (SSSR count). The molecule has 5 nitrogen and oxygen atoms in total. The second-order valence-electron chi connectivity index (χ2n) is 6.12. The second-order valence-corrected chi connectivity index (χ2v) is 7.77. The number of rotatable bonds is 8. The zero-order chi connectivity index (χ0) is 18.5.